The summed E-state index contributed by atoms with van der Waals surface area (Å²) in [4.78, 5) is 0. The molecule has 0 saturated heterocycles. The van der Waals surface area contributed by atoms with Gasteiger partial charge in [0.1, 0.15) is 12.4 Å². The highest BCUT2D eigenvalue weighted by Gasteiger charge is 2.37. The van der Waals surface area contributed by atoms with E-state index in [1.165, 1.54) is 21.9 Å². The molecule has 0 spiro atoms. The minimum atomic E-state index is -1.53. The number of aryl methyl sites for hydroxylation is 1. The number of rotatable bonds is 8. The maximum Gasteiger partial charge on any atom is 0.123 e. The van der Waals surface area contributed by atoms with E-state index in [2.05, 4.69) is 77.4 Å². The van der Waals surface area contributed by atoms with E-state index >= 15 is 0 Å². The van der Waals surface area contributed by atoms with Crippen LogP contribution < -0.4 is 9.92 Å². The van der Waals surface area contributed by atoms with Crippen molar-refractivity contribution in [2.75, 3.05) is 6.61 Å². The molecule has 2 rings (SSSR count). The van der Waals surface area contributed by atoms with E-state index in [4.69, 9.17) is 4.74 Å². The Labute approximate surface area is 155 Å². The van der Waals surface area contributed by atoms with Gasteiger partial charge in [0.25, 0.3) is 0 Å². The number of ether oxygens (including phenoxy) is 1. The van der Waals surface area contributed by atoms with Crippen LogP contribution in [0.15, 0.2) is 48.6 Å². The van der Waals surface area contributed by atoms with Gasteiger partial charge in [-0.05, 0) is 36.9 Å². The van der Waals surface area contributed by atoms with Gasteiger partial charge in [-0.3, -0.25) is 0 Å². The number of hydrogen-bond acceptors (Lipinski definition) is 1. The molecule has 136 valence electrons. The fraction of sp³-hybridized carbons (Fsp3) is 0.478. The van der Waals surface area contributed by atoms with Crippen molar-refractivity contribution >= 4 is 13.3 Å². The summed E-state index contributed by atoms with van der Waals surface area (Å²) >= 11 is 0. The lowest BCUT2D eigenvalue weighted by Crippen LogP contribution is -2.41. The van der Waals surface area contributed by atoms with Crippen LogP contribution in [0.4, 0.5) is 0 Å². The molecule has 0 aromatic heterocycles. The summed E-state index contributed by atoms with van der Waals surface area (Å²) in [6.07, 6.45) is 12.0. The van der Waals surface area contributed by atoms with Gasteiger partial charge in [0, 0.05) is 11.0 Å². The quantitative estimate of drug-likeness (QED) is 0.408. The first-order valence-electron chi connectivity index (χ1n) is 9.56. The van der Waals surface area contributed by atoms with Crippen molar-refractivity contribution in [1.82, 2.24) is 0 Å². The highest BCUT2D eigenvalue weighted by atomic mass is 28.3. The molecule has 1 aromatic rings. The maximum absolute atomic E-state index is 6.33. The lowest BCUT2D eigenvalue weighted by Gasteiger charge is -2.37. The van der Waals surface area contributed by atoms with Crippen LogP contribution in [0.5, 0.6) is 5.75 Å². The van der Waals surface area contributed by atoms with Gasteiger partial charge in [-0.1, -0.05) is 82.1 Å². The SMILES string of the molecule is C=CCOc1c(C(CC)(CC)C2=CCC=C2)cc(C)cc1[Si](C)(C)C. The first-order chi connectivity index (χ1) is 11.8. The predicted octanol–water partition coefficient (Wildman–Crippen LogP) is 6.05. The van der Waals surface area contributed by atoms with Crippen LogP contribution in [0.1, 0.15) is 44.2 Å². The molecule has 1 aromatic carbocycles. The van der Waals surface area contributed by atoms with Crippen molar-refractivity contribution in [1.29, 1.82) is 0 Å². The van der Waals surface area contributed by atoms with Gasteiger partial charge in [-0.2, -0.15) is 0 Å². The molecule has 0 amide bonds. The van der Waals surface area contributed by atoms with E-state index < -0.39 is 8.07 Å². The molecule has 0 aliphatic heterocycles. The zero-order valence-corrected chi connectivity index (χ0v) is 17.9. The maximum atomic E-state index is 6.33. The Morgan fingerprint density at radius 2 is 1.88 bits per heavy atom. The molecule has 1 aliphatic carbocycles. The second-order valence-corrected chi connectivity index (χ2v) is 13.2. The van der Waals surface area contributed by atoms with Crippen LogP contribution in [0.2, 0.25) is 19.6 Å². The van der Waals surface area contributed by atoms with Crippen LogP contribution in [-0.4, -0.2) is 14.7 Å². The average Bonchev–Trinajstić information content (AvgIpc) is 3.09. The Hall–Kier alpha value is -1.54. The fourth-order valence-electron chi connectivity index (χ4n) is 3.99. The average molecular weight is 355 g/mol. The Kier molecular flexibility index (Phi) is 6.15. The largest absolute Gasteiger partial charge is 0.489 e. The van der Waals surface area contributed by atoms with Crippen molar-refractivity contribution in [3.05, 3.63) is 59.7 Å². The Morgan fingerprint density at radius 3 is 2.36 bits per heavy atom. The minimum Gasteiger partial charge on any atom is -0.489 e. The molecule has 0 heterocycles. The van der Waals surface area contributed by atoms with Gasteiger partial charge >= 0.3 is 0 Å². The van der Waals surface area contributed by atoms with Crippen LogP contribution in [0.3, 0.4) is 0 Å². The van der Waals surface area contributed by atoms with Crippen LogP contribution in [-0.2, 0) is 5.41 Å². The molecule has 0 fully saturated rings. The minimum absolute atomic E-state index is 0.0317. The smallest absolute Gasteiger partial charge is 0.123 e. The third-order valence-corrected chi connectivity index (χ3v) is 7.42. The Bertz CT molecular complexity index is 685. The van der Waals surface area contributed by atoms with E-state index in [9.17, 15) is 0 Å². The molecule has 0 N–H and O–H groups in total. The van der Waals surface area contributed by atoms with Crippen LogP contribution in [0, 0.1) is 6.92 Å². The van der Waals surface area contributed by atoms with Gasteiger partial charge in [0.05, 0.1) is 8.07 Å². The molecule has 2 heteroatoms. The Morgan fingerprint density at radius 1 is 1.20 bits per heavy atom. The molecule has 1 aliphatic rings. The van der Waals surface area contributed by atoms with Crippen molar-refractivity contribution in [3.63, 3.8) is 0 Å². The number of hydrogen-bond donors (Lipinski definition) is 0. The summed E-state index contributed by atoms with van der Waals surface area (Å²) in [5, 5.41) is 1.43. The Balaban J connectivity index is 2.78. The zero-order chi connectivity index (χ0) is 18.7. The van der Waals surface area contributed by atoms with Gasteiger partial charge < -0.3 is 4.74 Å². The van der Waals surface area contributed by atoms with Gasteiger partial charge in [-0.25, -0.2) is 0 Å². The van der Waals surface area contributed by atoms with Crippen molar-refractivity contribution in [2.45, 2.75) is 65.1 Å². The summed E-state index contributed by atoms with van der Waals surface area (Å²) < 4.78 is 6.33. The summed E-state index contributed by atoms with van der Waals surface area (Å²) in [7, 11) is -1.53. The van der Waals surface area contributed by atoms with Crippen LogP contribution >= 0.6 is 0 Å². The summed E-state index contributed by atoms with van der Waals surface area (Å²) in [5.41, 5.74) is 4.19. The van der Waals surface area contributed by atoms with E-state index in [-0.39, 0.29) is 5.41 Å². The fourth-order valence-corrected chi connectivity index (χ4v) is 5.54. The van der Waals surface area contributed by atoms with Gasteiger partial charge in [0.2, 0.25) is 0 Å². The van der Waals surface area contributed by atoms with Gasteiger partial charge in [-0.15, -0.1) is 0 Å². The highest BCUT2D eigenvalue weighted by molar-refractivity contribution is 6.89. The topological polar surface area (TPSA) is 9.23 Å². The number of allylic oxidation sites excluding steroid dienone is 4. The van der Waals surface area contributed by atoms with Gasteiger partial charge in [0.15, 0.2) is 0 Å². The molecular weight excluding hydrogens is 320 g/mol. The van der Waals surface area contributed by atoms with E-state index in [0.717, 1.165) is 25.0 Å². The standard InChI is InChI=1S/C23H34OSi/c1-8-15-24-22-20(16-18(4)17-21(22)25(5,6)7)23(9-2,10-3)19-13-11-12-14-19/h8,11,13-14,16-17H,1,9-10,12,15H2,2-7H3. The predicted molar refractivity (Wildman–Crippen MR) is 114 cm³/mol. The van der Waals surface area contributed by atoms with Crippen LogP contribution in [0.25, 0.3) is 0 Å². The second-order valence-electron chi connectivity index (χ2n) is 8.13. The second kappa shape index (κ2) is 7.78. The number of benzene rings is 1. The monoisotopic (exact) mass is 354 g/mol. The normalized spacial score (nSPS) is 14.6. The van der Waals surface area contributed by atoms with E-state index in [1.807, 2.05) is 6.08 Å². The summed E-state index contributed by atoms with van der Waals surface area (Å²) in [6.45, 7) is 18.5. The first-order valence-corrected chi connectivity index (χ1v) is 13.1. The molecule has 0 saturated carbocycles. The molecule has 0 unspecified atom stereocenters. The van der Waals surface area contributed by atoms with E-state index in [0.29, 0.717) is 6.61 Å². The molecule has 1 nitrogen and oxygen atoms in total. The summed E-state index contributed by atoms with van der Waals surface area (Å²) in [5.74, 6) is 1.12. The first kappa shape index (κ1) is 19.8. The third-order valence-electron chi connectivity index (χ3n) is 5.43. The highest BCUT2D eigenvalue weighted by Crippen LogP contribution is 2.45. The lowest BCUT2D eigenvalue weighted by atomic mass is 9.69. The molecule has 25 heavy (non-hydrogen) atoms. The molecular formula is C23H34OSi. The lowest BCUT2D eigenvalue weighted by molar-refractivity contribution is 0.347. The molecule has 0 bridgehead atoms. The third kappa shape index (κ3) is 3.84. The van der Waals surface area contributed by atoms with Crippen molar-refractivity contribution < 1.29 is 4.74 Å². The molecule has 0 radical (unpaired) electrons. The molecule has 0 atom stereocenters. The summed E-state index contributed by atoms with van der Waals surface area (Å²) in [6, 6.07) is 4.71. The van der Waals surface area contributed by atoms with Crippen molar-refractivity contribution in [2.24, 2.45) is 0 Å². The zero-order valence-electron chi connectivity index (χ0n) is 16.9. The van der Waals surface area contributed by atoms with Crippen molar-refractivity contribution in [3.8, 4) is 5.75 Å². The van der Waals surface area contributed by atoms with E-state index in [1.54, 1.807) is 0 Å².